The summed E-state index contributed by atoms with van der Waals surface area (Å²) in [5.41, 5.74) is 2.16. The lowest BCUT2D eigenvalue weighted by Gasteiger charge is -2.21. The van der Waals surface area contributed by atoms with E-state index in [-0.39, 0.29) is 24.0 Å². The van der Waals surface area contributed by atoms with E-state index in [9.17, 15) is 0 Å². The molecule has 0 aliphatic heterocycles. The van der Waals surface area contributed by atoms with Crippen molar-refractivity contribution in [1.29, 1.82) is 0 Å². The van der Waals surface area contributed by atoms with Gasteiger partial charge in [-0.3, -0.25) is 4.99 Å². The third-order valence-electron chi connectivity index (χ3n) is 4.04. The van der Waals surface area contributed by atoms with Crippen LogP contribution in [0.1, 0.15) is 26.1 Å². The number of hydrogen-bond acceptors (Lipinski definition) is 3. The first-order chi connectivity index (χ1) is 12.6. The van der Waals surface area contributed by atoms with Gasteiger partial charge in [-0.15, -0.1) is 24.0 Å². The van der Waals surface area contributed by atoms with E-state index in [2.05, 4.69) is 46.3 Å². The fourth-order valence-corrected chi connectivity index (χ4v) is 2.55. The number of guanidine groups is 1. The van der Waals surface area contributed by atoms with E-state index in [4.69, 9.17) is 4.74 Å². The average Bonchev–Trinajstić information content (AvgIpc) is 3.10. The zero-order valence-electron chi connectivity index (χ0n) is 16.7. The predicted octanol–water partition coefficient (Wildman–Crippen LogP) is 3.76. The molecule has 0 atom stereocenters. The number of aliphatic imine (C=N–C) groups is 1. The quantitative estimate of drug-likeness (QED) is 0.246. The third-order valence-corrected chi connectivity index (χ3v) is 4.04. The molecule has 1 aromatic carbocycles. The Balaban J connectivity index is 0.00000364. The molecule has 2 aromatic rings. The number of halogens is 1. The van der Waals surface area contributed by atoms with Crippen LogP contribution in [-0.4, -0.2) is 54.7 Å². The molecule has 0 amide bonds. The lowest BCUT2D eigenvalue weighted by Crippen LogP contribution is -2.40. The molecule has 1 aromatic heterocycles. The van der Waals surface area contributed by atoms with E-state index >= 15 is 0 Å². The van der Waals surface area contributed by atoms with Gasteiger partial charge < -0.3 is 19.9 Å². The van der Waals surface area contributed by atoms with Crippen molar-refractivity contribution in [2.24, 2.45) is 10.9 Å². The van der Waals surface area contributed by atoms with Crippen LogP contribution >= 0.6 is 24.0 Å². The van der Waals surface area contributed by atoms with E-state index in [0.717, 1.165) is 42.6 Å². The second-order valence-electron chi connectivity index (χ2n) is 6.73. The van der Waals surface area contributed by atoms with Crippen LogP contribution in [-0.2, 0) is 11.3 Å². The molecule has 0 aliphatic rings. The minimum atomic E-state index is 0. The molecular formula is C20H32IN5O. The highest BCUT2D eigenvalue weighted by Gasteiger charge is 2.09. The average molecular weight is 485 g/mol. The second-order valence-corrected chi connectivity index (χ2v) is 6.73. The molecule has 0 radical (unpaired) electrons. The number of aromatic amines is 1. The van der Waals surface area contributed by atoms with Gasteiger partial charge in [0.05, 0.1) is 25.0 Å². The van der Waals surface area contributed by atoms with Crippen molar-refractivity contribution < 1.29 is 4.74 Å². The van der Waals surface area contributed by atoms with Crippen molar-refractivity contribution in [1.82, 2.24) is 20.2 Å². The SMILES string of the molecule is CN=C(NCCOCCC(C)C)N(C)Cc1ncc(-c2ccccc2)[nH]1.I. The number of aromatic nitrogens is 2. The maximum absolute atomic E-state index is 5.64. The topological polar surface area (TPSA) is 65.5 Å². The summed E-state index contributed by atoms with van der Waals surface area (Å²) in [5, 5.41) is 3.33. The number of nitrogens with zero attached hydrogens (tertiary/aromatic N) is 3. The highest BCUT2D eigenvalue weighted by Crippen LogP contribution is 2.16. The van der Waals surface area contributed by atoms with Gasteiger partial charge in [-0.25, -0.2) is 4.98 Å². The number of rotatable bonds is 9. The normalized spacial score (nSPS) is 11.4. The van der Waals surface area contributed by atoms with Crippen LogP contribution in [0.15, 0.2) is 41.5 Å². The Morgan fingerprint density at radius 2 is 2.00 bits per heavy atom. The number of ether oxygens (including phenoxy) is 1. The van der Waals surface area contributed by atoms with E-state index in [1.54, 1.807) is 7.05 Å². The summed E-state index contributed by atoms with van der Waals surface area (Å²) in [7, 11) is 3.79. The number of imidazole rings is 1. The Kier molecular flexibility index (Phi) is 11.0. The summed E-state index contributed by atoms with van der Waals surface area (Å²) in [4.78, 5) is 14.2. The first kappa shape index (κ1) is 23.4. The fourth-order valence-electron chi connectivity index (χ4n) is 2.55. The minimum absolute atomic E-state index is 0. The van der Waals surface area contributed by atoms with E-state index in [1.165, 1.54) is 0 Å². The Hall–Kier alpha value is -1.61. The van der Waals surface area contributed by atoms with Crippen LogP contribution in [0.3, 0.4) is 0 Å². The molecule has 0 saturated carbocycles. The van der Waals surface area contributed by atoms with Gasteiger partial charge in [0, 0.05) is 27.2 Å². The molecule has 0 unspecified atom stereocenters. The molecule has 6 nitrogen and oxygen atoms in total. The van der Waals surface area contributed by atoms with Gasteiger partial charge in [-0.05, 0) is 17.9 Å². The summed E-state index contributed by atoms with van der Waals surface area (Å²) in [6, 6.07) is 10.2. The summed E-state index contributed by atoms with van der Waals surface area (Å²) in [5.74, 6) is 2.41. The second kappa shape index (κ2) is 12.7. The molecule has 0 aliphatic carbocycles. The molecular weight excluding hydrogens is 453 g/mol. The number of H-pyrrole nitrogens is 1. The van der Waals surface area contributed by atoms with Crippen molar-refractivity contribution in [3.05, 3.63) is 42.4 Å². The van der Waals surface area contributed by atoms with Gasteiger partial charge in [-0.1, -0.05) is 44.2 Å². The summed E-state index contributed by atoms with van der Waals surface area (Å²) in [6.07, 6.45) is 2.97. The maximum Gasteiger partial charge on any atom is 0.193 e. The van der Waals surface area contributed by atoms with Gasteiger partial charge in [0.25, 0.3) is 0 Å². The first-order valence-electron chi connectivity index (χ1n) is 9.19. The van der Waals surface area contributed by atoms with E-state index in [0.29, 0.717) is 19.1 Å². The van der Waals surface area contributed by atoms with Crippen LogP contribution in [0.25, 0.3) is 11.3 Å². The first-order valence-corrected chi connectivity index (χ1v) is 9.19. The summed E-state index contributed by atoms with van der Waals surface area (Å²) < 4.78 is 5.64. The van der Waals surface area contributed by atoms with Crippen LogP contribution < -0.4 is 5.32 Å². The van der Waals surface area contributed by atoms with Crippen molar-refractivity contribution in [3.8, 4) is 11.3 Å². The predicted molar refractivity (Wildman–Crippen MR) is 123 cm³/mol. The van der Waals surface area contributed by atoms with Crippen LogP contribution in [0.2, 0.25) is 0 Å². The largest absolute Gasteiger partial charge is 0.380 e. The molecule has 2 rings (SSSR count). The van der Waals surface area contributed by atoms with Crippen LogP contribution in [0.5, 0.6) is 0 Å². The molecule has 0 fully saturated rings. The monoisotopic (exact) mass is 485 g/mol. The van der Waals surface area contributed by atoms with Crippen molar-refractivity contribution >= 4 is 29.9 Å². The Morgan fingerprint density at radius 3 is 2.67 bits per heavy atom. The molecule has 0 saturated heterocycles. The molecule has 0 bridgehead atoms. The fraction of sp³-hybridized carbons (Fsp3) is 0.500. The Labute approximate surface area is 179 Å². The summed E-state index contributed by atoms with van der Waals surface area (Å²) in [6.45, 7) is 7.29. The van der Waals surface area contributed by atoms with Gasteiger partial charge in [0.2, 0.25) is 0 Å². The standard InChI is InChI=1S/C20H31N5O.HI/c1-16(2)10-12-26-13-11-22-20(21-3)25(4)15-19-23-14-18(24-19)17-8-6-5-7-9-17;/h5-9,14,16H,10-13,15H2,1-4H3,(H,21,22)(H,23,24);1H. The molecule has 150 valence electrons. The molecule has 2 N–H and O–H groups in total. The highest BCUT2D eigenvalue weighted by atomic mass is 127. The number of nitrogens with one attached hydrogen (secondary N) is 2. The number of hydrogen-bond donors (Lipinski definition) is 2. The Morgan fingerprint density at radius 1 is 1.26 bits per heavy atom. The van der Waals surface area contributed by atoms with Gasteiger partial charge in [-0.2, -0.15) is 0 Å². The van der Waals surface area contributed by atoms with Crippen molar-refractivity contribution in [3.63, 3.8) is 0 Å². The number of benzene rings is 1. The lowest BCUT2D eigenvalue weighted by atomic mass is 10.1. The van der Waals surface area contributed by atoms with Gasteiger partial charge in [0.15, 0.2) is 5.96 Å². The van der Waals surface area contributed by atoms with E-state index < -0.39 is 0 Å². The lowest BCUT2D eigenvalue weighted by molar-refractivity contribution is 0.127. The molecule has 27 heavy (non-hydrogen) atoms. The highest BCUT2D eigenvalue weighted by molar-refractivity contribution is 14.0. The minimum Gasteiger partial charge on any atom is -0.380 e. The van der Waals surface area contributed by atoms with Gasteiger partial charge in [0.1, 0.15) is 5.82 Å². The molecule has 7 heteroatoms. The third kappa shape index (κ3) is 8.30. The Bertz CT molecular complexity index is 672. The molecule has 1 heterocycles. The maximum atomic E-state index is 5.64. The zero-order chi connectivity index (χ0) is 18.8. The van der Waals surface area contributed by atoms with Crippen molar-refractivity contribution in [2.75, 3.05) is 33.9 Å². The van der Waals surface area contributed by atoms with Crippen LogP contribution in [0.4, 0.5) is 0 Å². The smallest absolute Gasteiger partial charge is 0.193 e. The van der Waals surface area contributed by atoms with Crippen molar-refractivity contribution in [2.45, 2.75) is 26.8 Å². The zero-order valence-corrected chi connectivity index (χ0v) is 19.1. The summed E-state index contributed by atoms with van der Waals surface area (Å²) >= 11 is 0. The van der Waals surface area contributed by atoms with Crippen LogP contribution in [0, 0.1) is 5.92 Å². The van der Waals surface area contributed by atoms with E-state index in [1.807, 2.05) is 36.3 Å². The molecule has 0 spiro atoms. The van der Waals surface area contributed by atoms with Gasteiger partial charge >= 0.3 is 0 Å².